The average Bonchev–Trinajstić information content (AvgIpc) is 2.72. The number of carbonyl (C=O) groups is 3. The second-order valence-corrected chi connectivity index (χ2v) is 6.91. The van der Waals surface area contributed by atoms with Crippen LogP contribution in [0, 0.1) is 18.3 Å². The first-order valence-corrected chi connectivity index (χ1v) is 9.67. The number of nitrogens with zero attached hydrogens (tertiary/aromatic N) is 2. The lowest BCUT2D eigenvalue weighted by Gasteiger charge is -2.26. The van der Waals surface area contributed by atoms with Gasteiger partial charge in [0.05, 0.1) is 17.3 Å². The van der Waals surface area contributed by atoms with Gasteiger partial charge in [0.2, 0.25) is 0 Å². The fourth-order valence-electron chi connectivity index (χ4n) is 2.93. The van der Waals surface area contributed by atoms with Gasteiger partial charge in [0.25, 0.3) is 11.8 Å². The monoisotopic (exact) mass is 439 g/mol. The lowest BCUT2D eigenvalue weighted by Crippen LogP contribution is -2.54. The summed E-state index contributed by atoms with van der Waals surface area (Å²) in [5.41, 5.74) is 1.43. The highest BCUT2D eigenvalue weighted by molar-refractivity contribution is 6.39. The highest BCUT2D eigenvalue weighted by Crippen LogP contribution is 2.37. The normalized spacial score (nSPS) is 15.0. The zero-order valence-electron chi connectivity index (χ0n) is 16.8. The van der Waals surface area contributed by atoms with Crippen LogP contribution in [0.5, 0.6) is 11.5 Å². The number of aryl methyl sites for hydroxylation is 1. The third-order valence-electron chi connectivity index (χ3n) is 4.32. The first kappa shape index (κ1) is 21.9. The fraction of sp³-hybridized carbons (Fsp3) is 0.182. The van der Waals surface area contributed by atoms with Crippen molar-refractivity contribution in [1.29, 1.82) is 5.26 Å². The van der Waals surface area contributed by atoms with Crippen LogP contribution in [-0.2, 0) is 9.59 Å². The summed E-state index contributed by atoms with van der Waals surface area (Å²) in [5.74, 6) is -1.15. The molecule has 0 spiro atoms. The molecule has 2 aromatic carbocycles. The van der Waals surface area contributed by atoms with E-state index < -0.39 is 17.8 Å². The van der Waals surface area contributed by atoms with E-state index in [1.165, 1.54) is 18.2 Å². The molecule has 9 heteroatoms. The number of rotatable bonds is 6. The number of hydrogen-bond donors (Lipinski definition) is 1. The van der Waals surface area contributed by atoms with Crippen LogP contribution < -0.4 is 19.7 Å². The van der Waals surface area contributed by atoms with E-state index in [2.05, 4.69) is 5.32 Å². The minimum absolute atomic E-state index is 0.142. The molecule has 1 heterocycles. The number of imide groups is 2. The molecule has 0 bridgehead atoms. The van der Waals surface area contributed by atoms with E-state index in [1.807, 2.05) is 13.0 Å². The second-order valence-electron chi connectivity index (χ2n) is 6.50. The van der Waals surface area contributed by atoms with Crippen LogP contribution in [-0.4, -0.2) is 31.1 Å². The smallest absolute Gasteiger partial charge is 0.335 e. The number of nitrogens with one attached hydrogen (secondary N) is 1. The average molecular weight is 440 g/mol. The molecule has 0 saturated carbocycles. The van der Waals surface area contributed by atoms with Gasteiger partial charge in [-0.05, 0) is 49.8 Å². The van der Waals surface area contributed by atoms with Gasteiger partial charge in [-0.25, -0.2) is 9.69 Å². The lowest BCUT2D eigenvalue weighted by molar-refractivity contribution is -0.122. The van der Waals surface area contributed by atoms with Gasteiger partial charge in [0.1, 0.15) is 11.6 Å². The van der Waals surface area contributed by atoms with Crippen molar-refractivity contribution in [2.75, 3.05) is 18.1 Å². The van der Waals surface area contributed by atoms with Gasteiger partial charge in [-0.15, -0.1) is 0 Å². The van der Waals surface area contributed by atoms with Gasteiger partial charge >= 0.3 is 6.03 Å². The zero-order chi connectivity index (χ0) is 22.5. The van der Waals surface area contributed by atoms with Gasteiger partial charge in [-0.3, -0.25) is 14.9 Å². The largest absolute Gasteiger partial charge is 0.490 e. The summed E-state index contributed by atoms with van der Waals surface area (Å²) in [6, 6.07) is 10.8. The highest BCUT2D eigenvalue weighted by Gasteiger charge is 2.36. The number of amides is 4. The molecule has 0 radical (unpaired) electrons. The predicted molar refractivity (Wildman–Crippen MR) is 114 cm³/mol. The Labute approximate surface area is 183 Å². The van der Waals surface area contributed by atoms with Gasteiger partial charge in [-0.1, -0.05) is 29.3 Å². The maximum atomic E-state index is 13.0. The molecule has 1 fully saturated rings. The van der Waals surface area contributed by atoms with E-state index in [0.29, 0.717) is 17.9 Å². The van der Waals surface area contributed by atoms with E-state index in [4.69, 9.17) is 26.3 Å². The number of halogens is 1. The SMILES string of the molecule is CCOc1cc(/C=C2\C(=O)NC(=O)N(c3ccc(C)cc3)C2=O)cc(Cl)c1OCC#N. The van der Waals surface area contributed by atoms with Crippen molar-refractivity contribution in [2.45, 2.75) is 13.8 Å². The molecule has 8 nitrogen and oxygen atoms in total. The second kappa shape index (κ2) is 9.32. The molecule has 4 amide bonds. The number of nitriles is 1. The molecule has 31 heavy (non-hydrogen) atoms. The van der Waals surface area contributed by atoms with Crippen LogP contribution in [0.1, 0.15) is 18.1 Å². The van der Waals surface area contributed by atoms with Crippen LogP contribution in [0.3, 0.4) is 0 Å². The molecule has 0 atom stereocenters. The maximum Gasteiger partial charge on any atom is 0.335 e. The molecule has 3 rings (SSSR count). The molecule has 1 aliphatic rings. The first-order chi connectivity index (χ1) is 14.8. The number of anilines is 1. The molecule has 0 aromatic heterocycles. The van der Waals surface area contributed by atoms with Crippen molar-refractivity contribution in [3.8, 4) is 17.6 Å². The Bertz CT molecular complexity index is 1120. The molecule has 2 aromatic rings. The van der Waals surface area contributed by atoms with E-state index in [9.17, 15) is 14.4 Å². The third kappa shape index (κ3) is 4.68. The van der Waals surface area contributed by atoms with Gasteiger partial charge < -0.3 is 9.47 Å². The quantitative estimate of drug-likeness (QED) is 0.544. The zero-order valence-corrected chi connectivity index (χ0v) is 17.5. The molecule has 158 valence electrons. The number of benzene rings is 2. The molecule has 1 aliphatic heterocycles. The Hall–Kier alpha value is -3.83. The van der Waals surface area contributed by atoms with E-state index in [1.54, 1.807) is 31.2 Å². The standard InChI is InChI=1S/C22H18ClN3O5/c1-3-30-18-12-14(11-17(23)19(18)31-9-8-24)10-16-20(27)25-22(29)26(21(16)28)15-6-4-13(2)5-7-15/h4-7,10-12H,3,9H2,1-2H3,(H,25,27,29)/b16-10+. The fourth-order valence-corrected chi connectivity index (χ4v) is 3.20. The molecule has 1 N–H and O–H groups in total. The lowest BCUT2D eigenvalue weighted by atomic mass is 10.1. The molecule has 0 unspecified atom stereocenters. The molecular formula is C22H18ClN3O5. The summed E-state index contributed by atoms with van der Waals surface area (Å²) in [7, 11) is 0. The highest BCUT2D eigenvalue weighted by atomic mass is 35.5. The maximum absolute atomic E-state index is 13.0. The van der Waals surface area contributed by atoms with Gasteiger partial charge in [0, 0.05) is 0 Å². The summed E-state index contributed by atoms with van der Waals surface area (Å²) >= 11 is 6.27. The summed E-state index contributed by atoms with van der Waals surface area (Å²) in [5, 5.41) is 11.1. The minimum atomic E-state index is -0.829. The number of carbonyl (C=O) groups excluding carboxylic acids is 3. The summed E-state index contributed by atoms with van der Waals surface area (Å²) in [6.45, 7) is 3.71. The van der Waals surface area contributed by atoms with E-state index in [-0.39, 0.29) is 28.7 Å². The first-order valence-electron chi connectivity index (χ1n) is 9.30. The molecular weight excluding hydrogens is 422 g/mol. The topological polar surface area (TPSA) is 109 Å². The number of ether oxygens (including phenoxy) is 2. The Balaban J connectivity index is 2.02. The Kier molecular flexibility index (Phi) is 6.58. The summed E-state index contributed by atoms with van der Waals surface area (Å²) in [4.78, 5) is 38.6. The van der Waals surface area contributed by atoms with Crippen molar-refractivity contribution in [3.05, 3.63) is 58.1 Å². The Morgan fingerprint density at radius 2 is 1.87 bits per heavy atom. The van der Waals surface area contributed by atoms with Crippen molar-refractivity contribution in [3.63, 3.8) is 0 Å². The van der Waals surface area contributed by atoms with Gasteiger partial charge in [0.15, 0.2) is 18.1 Å². The Morgan fingerprint density at radius 3 is 2.52 bits per heavy atom. The van der Waals surface area contributed by atoms with Crippen LogP contribution in [0.25, 0.3) is 6.08 Å². The van der Waals surface area contributed by atoms with Crippen LogP contribution >= 0.6 is 11.6 Å². The van der Waals surface area contributed by atoms with Gasteiger partial charge in [-0.2, -0.15) is 5.26 Å². The van der Waals surface area contributed by atoms with Crippen molar-refractivity contribution >= 4 is 41.2 Å². The third-order valence-corrected chi connectivity index (χ3v) is 4.60. The van der Waals surface area contributed by atoms with E-state index in [0.717, 1.165) is 10.5 Å². The van der Waals surface area contributed by atoms with Crippen molar-refractivity contribution in [2.24, 2.45) is 0 Å². The molecule has 1 saturated heterocycles. The predicted octanol–water partition coefficient (Wildman–Crippen LogP) is 3.62. The van der Waals surface area contributed by atoms with Crippen LogP contribution in [0.15, 0.2) is 42.0 Å². The number of hydrogen-bond acceptors (Lipinski definition) is 6. The summed E-state index contributed by atoms with van der Waals surface area (Å²) < 4.78 is 10.8. The van der Waals surface area contributed by atoms with E-state index >= 15 is 0 Å². The summed E-state index contributed by atoms with van der Waals surface area (Å²) in [6.07, 6.45) is 1.31. The van der Waals surface area contributed by atoms with Crippen molar-refractivity contribution < 1.29 is 23.9 Å². The molecule has 0 aliphatic carbocycles. The minimum Gasteiger partial charge on any atom is -0.490 e. The number of urea groups is 1. The van der Waals surface area contributed by atoms with Crippen molar-refractivity contribution in [1.82, 2.24) is 5.32 Å². The Morgan fingerprint density at radius 1 is 1.16 bits per heavy atom. The number of barbiturate groups is 1. The van der Waals surface area contributed by atoms with Crippen LogP contribution in [0.4, 0.5) is 10.5 Å². The van der Waals surface area contributed by atoms with Crippen LogP contribution in [0.2, 0.25) is 5.02 Å².